The molecular formula is C8H15N5O2S. The number of rotatable bonds is 3. The van der Waals surface area contributed by atoms with E-state index in [1.807, 2.05) is 0 Å². The summed E-state index contributed by atoms with van der Waals surface area (Å²) in [7, 11) is -1.70. The minimum atomic E-state index is -3.34. The van der Waals surface area contributed by atoms with Crippen molar-refractivity contribution in [3.63, 3.8) is 0 Å². The summed E-state index contributed by atoms with van der Waals surface area (Å²) < 4.78 is 27.8. The first kappa shape index (κ1) is 11.3. The fourth-order valence-electron chi connectivity index (χ4n) is 1.70. The standard InChI is InChI=1S/C8H15N5O2S/c1-13-8(10-6-11-13)12-16(14,15)7-2-4-9-5-3-7/h6-7,9H,2-5H2,1H3,(H,10,11,12). The summed E-state index contributed by atoms with van der Waals surface area (Å²) in [4.78, 5) is 3.84. The Kier molecular flexibility index (Phi) is 3.10. The van der Waals surface area contributed by atoms with Crippen molar-refractivity contribution >= 4 is 16.0 Å². The largest absolute Gasteiger partial charge is 0.317 e. The van der Waals surface area contributed by atoms with Crippen molar-refractivity contribution in [1.82, 2.24) is 20.1 Å². The molecule has 1 saturated heterocycles. The summed E-state index contributed by atoms with van der Waals surface area (Å²) in [5.41, 5.74) is 0. The highest BCUT2D eigenvalue weighted by molar-refractivity contribution is 7.93. The van der Waals surface area contributed by atoms with E-state index in [-0.39, 0.29) is 11.2 Å². The molecule has 2 heterocycles. The smallest absolute Gasteiger partial charge is 0.238 e. The molecule has 1 aliphatic heterocycles. The molecule has 1 fully saturated rings. The number of hydrogen-bond acceptors (Lipinski definition) is 5. The second-order valence-electron chi connectivity index (χ2n) is 3.80. The predicted molar refractivity (Wildman–Crippen MR) is 59.4 cm³/mol. The van der Waals surface area contributed by atoms with Crippen molar-refractivity contribution in [2.75, 3.05) is 17.8 Å². The molecule has 8 heteroatoms. The number of nitrogens with one attached hydrogen (secondary N) is 2. The summed E-state index contributed by atoms with van der Waals surface area (Å²) >= 11 is 0. The topological polar surface area (TPSA) is 88.9 Å². The van der Waals surface area contributed by atoms with Crippen LogP contribution in [0.5, 0.6) is 0 Å². The van der Waals surface area contributed by atoms with Gasteiger partial charge in [0.05, 0.1) is 5.25 Å². The van der Waals surface area contributed by atoms with Crippen LogP contribution in [0, 0.1) is 0 Å². The lowest BCUT2D eigenvalue weighted by Crippen LogP contribution is -2.38. The van der Waals surface area contributed by atoms with Crippen molar-refractivity contribution in [2.45, 2.75) is 18.1 Å². The number of aromatic nitrogens is 3. The number of hydrogen-bond donors (Lipinski definition) is 2. The van der Waals surface area contributed by atoms with E-state index in [0.717, 1.165) is 13.1 Å². The summed E-state index contributed by atoms with van der Waals surface area (Å²) in [5, 5.41) is 6.60. The molecule has 1 aromatic heterocycles. The van der Waals surface area contributed by atoms with Crippen LogP contribution >= 0.6 is 0 Å². The number of piperidine rings is 1. The molecule has 0 saturated carbocycles. The third kappa shape index (κ3) is 2.33. The zero-order chi connectivity index (χ0) is 11.6. The summed E-state index contributed by atoms with van der Waals surface area (Å²) in [6.07, 6.45) is 2.58. The Morgan fingerprint density at radius 3 is 2.75 bits per heavy atom. The van der Waals surface area contributed by atoms with Gasteiger partial charge < -0.3 is 5.32 Å². The third-order valence-corrected chi connectivity index (χ3v) is 4.49. The Hall–Kier alpha value is -1.15. The first-order valence-electron chi connectivity index (χ1n) is 5.16. The molecule has 0 aromatic carbocycles. The van der Waals surface area contributed by atoms with Crippen LogP contribution in [0.1, 0.15) is 12.8 Å². The molecule has 0 spiro atoms. The molecule has 2 rings (SSSR count). The monoisotopic (exact) mass is 245 g/mol. The second kappa shape index (κ2) is 4.38. The molecule has 0 atom stereocenters. The van der Waals surface area contributed by atoms with E-state index in [1.165, 1.54) is 11.0 Å². The van der Waals surface area contributed by atoms with Crippen LogP contribution in [0.25, 0.3) is 0 Å². The highest BCUT2D eigenvalue weighted by Gasteiger charge is 2.28. The minimum Gasteiger partial charge on any atom is -0.317 e. The predicted octanol–water partition coefficient (Wildman–Crippen LogP) is -0.691. The molecule has 0 unspecified atom stereocenters. The lowest BCUT2D eigenvalue weighted by molar-refractivity contribution is 0.498. The average Bonchev–Trinajstić information content (AvgIpc) is 2.65. The summed E-state index contributed by atoms with van der Waals surface area (Å²) in [5.74, 6) is 0.263. The van der Waals surface area contributed by atoms with Gasteiger partial charge in [-0.3, -0.25) is 4.72 Å². The summed E-state index contributed by atoms with van der Waals surface area (Å²) in [6.45, 7) is 1.48. The normalized spacial score (nSPS) is 18.6. The zero-order valence-electron chi connectivity index (χ0n) is 9.05. The molecule has 0 radical (unpaired) electrons. The SMILES string of the molecule is Cn1ncnc1NS(=O)(=O)C1CCNCC1. The maximum Gasteiger partial charge on any atom is 0.238 e. The molecule has 16 heavy (non-hydrogen) atoms. The van der Waals surface area contributed by atoms with Gasteiger partial charge in [-0.05, 0) is 25.9 Å². The maximum absolute atomic E-state index is 12.0. The molecule has 7 nitrogen and oxygen atoms in total. The van der Waals surface area contributed by atoms with Gasteiger partial charge in [0.2, 0.25) is 16.0 Å². The van der Waals surface area contributed by atoms with E-state index in [9.17, 15) is 8.42 Å². The van der Waals surface area contributed by atoms with Crippen LogP contribution in [0.3, 0.4) is 0 Å². The van der Waals surface area contributed by atoms with Gasteiger partial charge in [0.15, 0.2) is 0 Å². The Morgan fingerprint density at radius 2 is 2.19 bits per heavy atom. The summed E-state index contributed by atoms with van der Waals surface area (Å²) in [6, 6.07) is 0. The van der Waals surface area contributed by atoms with E-state index in [0.29, 0.717) is 12.8 Å². The molecule has 0 amide bonds. The van der Waals surface area contributed by atoms with Crippen LogP contribution in [0.2, 0.25) is 0 Å². The number of aryl methyl sites for hydroxylation is 1. The van der Waals surface area contributed by atoms with Gasteiger partial charge in [0.25, 0.3) is 0 Å². The molecule has 0 aliphatic carbocycles. The van der Waals surface area contributed by atoms with Crippen LogP contribution in [-0.4, -0.2) is 41.5 Å². The van der Waals surface area contributed by atoms with Gasteiger partial charge in [-0.2, -0.15) is 10.1 Å². The van der Waals surface area contributed by atoms with Crippen LogP contribution < -0.4 is 10.0 Å². The van der Waals surface area contributed by atoms with Crippen molar-refractivity contribution in [3.05, 3.63) is 6.33 Å². The Labute approximate surface area is 94.3 Å². The lowest BCUT2D eigenvalue weighted by Gasteiger charge is -2.22. The number of sulfonamides is 1. The van der Waals surface area contributed by atoms with Gasteiger partial charge >= 0.3 is 0 Å². The van der Waals surface area contributed by atoms with Crippen molar-refractivity contribution in [2.24, 2.45) is 7.05 Å². The van der Waals surface area contributed by atoms with E-state index in [2.05, 4.69) is 20.1 Å². The average molecular weight is 245 g/mol. The molecule has 1 aliphatic rings. The fourth-order valence-corrected chi connectivity index (χ4v) is 3.17. The Morgan fingerprint density at radius 1 is 1.50 bits per heavy atom. The minimum absolute atomic E-state index is 0.263. The Balaban J connectivity index is 2.10. The van der Waals surface area contributed by atoms with E-state index in [4.69, 9.17) is 0 Å². The van der Waals surface area contributed by atoms with Gasteiger partial charge in [-0.25, -0.2) is 13.1 Å². The first-order valence-corrected chi connectivity index (χ1v) is 6.70. The van der Waals surface area contributed by atoms with Crippen molar-refractivity contribution in [3.8, 4) is 0 Å². The maximum atomic E-state index is 12.0. The third-order valence-electron chi connectivity index (χ3n) is 2.67. The molecule has 90 valence electrons. The highest BCUT2D eigenvalue weighted by atomic mass is 32.2. The number of anilines is 1. The van der Waals surface area contributed by atoms with Gasteiger partial charge in [0, 0.05) is 7.05 Å². The van der Waals surface area contributed by atoms with Crippen molar-refractivity contribution < 1.29 is 8.42 Å². The quantitative estimate of drug-likeness (QED) is 0.735. The molecule has 0 bridgehead atoms. The van der Waals surface area contributed by atoms with Crippen molar-refractivity contribution in [1.29, 1.82) is 0 Å². The number of nitrogens with zero attached hydrogens (tertiary/aromatic N) is 3. The second-order valence-corrected chi connectivity index (χ2v) is 5.76. The van der Waals surface area contributed by atoms with Crippen LogP contribution in [0.15, 0.2) is 6.33 Å². The van der Waals surface area contributed by atoms with Gasteiger partial charge in [0.1, 0.15) is 6.33 Å². The van der Waals surface area contributed by atoms with E-state index in [1.54, 1.807) is 7.05 Å². The first-order chi connectivity index (χ1) is 7.59. The molecule has 2 N–H and O–H groups in total. The zero-order valence-corrected chi connectivity index (χ0v) is 9.87. The fraction of sp³-hybridized carbons (Fsp3) is 0.750. The van der Waals surface area contributed by atoms with Crippen LogP contribution in [0.4, 0.5) is 5.95 Å². The Bertz CT molecular complexity index is 449. The van der Waals surface area contributed by atoms with Gasteiger partial charge in [-0.1, -0.05) is 0 Å². The van der Waals surface area contributed by atoms with E-state index >= 15 is 0 Å². The van der Waals surface area contributed by atoms with E-state index < -0.39 is 10.0 Å². The van der Waals surface area contributed by atoms with Crippen LogP contribution in [-0.2, 0) is 17.1 Å². The lowest BCUT2D eigenvalue weighted by atomic mass is 10.2. The van der Waals surface area contributed by atoms with Gasteiger partial charge in [-0.15, -0.1) is 0 Å². The molecule has 1 aromatic rings. The highest BCUT2D eigenvalue weighted by Crippen LogP contribution is 2.15. The molecular weight excluding hydrogens is 230 g/mol.